The minimum Gasteiger partial charge on any atom is -0.492 e. The van der Waals surface area contributed by atoms with Crippen LogP contribution in [0.4, 0.5) is 0 Å². The molecule has 1 aromatic rings. The largest absolute Gasteiger partial charge is 0.492 e. The van der Waals surface area contributed by atoms with E-state index in [9.17, 15) is 4.79 Å². The predicted octanol–water partition coefficient (Wildman–Crippen LogP) is 3.52. The van der Waals surface area contributed by atoms with Crippen molar-refractivity contribution in [2.45, 2.75) is 6.92 Å². The van der Waals surface area contributed by atoms with Crippen molar-refractivity contribution in [2.75, 3.05) is 6.61 Å². The van der Waals surface area contributed by atoms with Crippen molar-refractivity contribution < 1.29 is 9.53 Å². The fourth-order valence-corrected chi connectivity index (χ4v) is 1.39. The van der Waals surface area contributed by atoms with E-state index in [1.807, 2.05) is 6.92 Å². The fourth-order valence-electron chi connectivity index (χ4n) is 1.08. The number of carbonyl (C=O) groups is 1. The molecule has 0 saturated carbocycles. The van der Waals surface area contributed by atoms with Gasteiger partial charge < -0.3 is 4.74 Å². The molecule has 0 atom stereocenters. The first-order valence-electron chi connectivity index (χ1n) is 4.44. The van der Waals surface area contributed by atoms with Gasteiger partial charge in [0.15, 0.2) is 0 Å². The monoisotopic (exact) mass is 244 g/mol. The quantitative estimate of drug-likeness (QED) is 0.599. The minimum absolute atomic E-state index is 0.480. The maximum Gasteiger partial charge on any atom is 0.245 e. The Labute approximate surface area is 98.4 Å². The number of ether oxygens (including phenoxy) is 1. The molecule has 0 radical (unpaired) electrons. The summed E-state index contributed by atoms with van der Waals surface area (Å²) in [4.78, 5) is 10.5. The first-order chi connectivity index (χ1) is 7.15. The van der Waals surface area contributed by atoms with Gasteiger partial charge in [-0.15, -0.1) is 0 Å². The minimum atomic E-state index is -0.534. The third-order valence-electron chi connectivity index (χ3n) is 1.69. The smallest absolute Gasteiger partial charge is 0.245 e. The van der Waals surface area contributed by atoms with Crippen LogP contribution in [0, 0.1) is 0 Å². The molecule has 0 aliphatic carbocycles. The standard InChI is InChI=1S/C11H10Cl2O2/c1-2-15-9-5-3-4-8(11(9)13)6-7-10(12)14/h3-7H,2H2,1H3/b7-6+. The van der Waals surface area contributed by atoms with Gasteiger partial charge in [-0.2, -0.15) is 0 Å². The predicted molar refractivity (Wildman–Crippen MR) is 62.5 cm³/mol. The van der Waals surface area contributed by atoms with Crippen LogP contribution < -0.4 is 4.74 Å². The van der Waals surface area contributed by atoms with Crippen molar-refractivity contribution in [3.05, 3.63) is 34.9 Å². The van der Waals surface area contributed by atoms with Crippen LogP contribution in [-0.4, -0.2) is 11.8 Å². The summed E-state index contributed by atoms with van der Waals surface area (Å²) >= 11 is 11.2. The summed E-state index contributed by atoms with van der Waals surface area (Å²) < 4.78 is 5.30. The molecule has 0 unspecified atom stereocenters. The Morgan fingerprint density at radius 2 is 2.27 bits per heavy atom. The van der Waals surface area contributed by atoms with Crippen LogP contribution in [0.2, 0.25) is 5.02 Å². The Morgan fingerprint density at radius 3 is 2.87 bits per heavy atom. The highest BCUT2D eigenvalue weighted by Gasteiger charge is 2.04. The zero-order valence-corrected chi connectivity index (χ0v) is 9.68. The summed E-state index contributed by atoms with van der Waals surface area (Å²) in [5.74, 6) is 0.600. The Kier molecular flexibility index (Phi) is 4.66. The Balaban J connectivity index is 2.98. The van der Waals surface area contributed by atoms with E-state index >= 15 is 0 Å². The van der Waals surface area contributed by atoms with Crippen molar-refractivity contribution in [3.8, 4) is 5.75 Å². The van der Waals surface area contributed by atoms with Crippen molar-refractivity contribution in [2.24, 2.45) is 0 Å². The summed E-state index contributed by atoms with van der Waals surface area (Å²) in [5, 5.41) is -0.0543. The Morgan fingerprint density at radius 1 is 1.53 bits per heavy atom. The fraction of sp³-hybridized carbons (Fsp3) is 0.182. The number of halogens is 2. The highest BCUT2D eigenvalue weighted by molar-refractivity contribution is 6.66. The van der Waals surface area contributed by atoms with Gasteiger partial charge in [0.05, 0.1) is 11.6 Å². The van der Waals surface area contributed by atoms with E-state index in [1.165, 1.54) is 6.08 Å². The molecule has 1 aromatic carbocycles. The lowest BCUT2D eigenvalue weighted by Crippen LogP contribution is -1.92. The number of carbonyl (C=O) groups excluding carboxylic acids is 1. The van der Waals surface area contributed by atoms with Crippen LogP contribution >= 0.6 is 23.2 Å². The van der Waals surface area contributed by atoms with Crippen LogP contribution in [0.25, 0.3) is 6.08 Å². The van der Waals surface area contributed by atoms with Gasteiger partial charge in [0.2, 0.25) is 5.24 Å². The summed E-state index contributed by atoms with van der Waals surface area (Å²) in [5.41, 5.74) is 0.705. The van der Waals surface area contributed by atoms with E-state index in [4.69, 9.17) is 27.9 Å². The van der Waals surface area contributed by atoms with Gasteiger partial charge >= 0.3 is 0 Å². The van der Waals surface area contributed by atoms with Gasteiger partial charge in [-0.05, 0) is 42.3 Å². The maximum atomic E-state index is 10.5. The third kappa shape index (κ3) is 3.57. The third-order valence-corrected chi connectivity index (χ3v) is 2.22. The number of allylic oxidation sites excluding steroid dienone is 1. The zero-order chi connectivity index (χ0) is 11.3. The van der Waals surface area contributed by atoms with Gasteiger partial charge in [-0.1, -0.05) is 23.7 Å². The van der Waals surface area contributed by atoms with E-state index < -0.39 is 5.24 Å². The van der Waals surface area contributed by atoms with Crippen LogP contribution in [0.3, 0.4) is 0 Å². The summed E-state index contributed by atoms with van der Waals surface area (Å²) in [7, 11) is 0. The topological polar surface area (TPSA) is 26.3 Å². The van der Waals surface area contributed by atoms with Crippen LogP contribution in [-0.2, 0) is 4.79 Å². The molecular weight excluding hydrogens is 235 g/mol. The van der Waals surface area contributed by atoms with E-state index in [2.05, 4.69) is 0 Å². The average molecular weight is 245 g/mol. The molecule has 0 N–H and O–H groups in total. The molecule has 0 aromatic heterocycles. The maximum absolute atomic E-state index is 10.5. The zero-order valence-electron chi connectivity index (χ0n) is 8.17. The molecule has 0 bridgehead atoms. The molecule has 1 rings (SSSR count). The van der Waals surface area contributed by atoms with Gasteiger partial charge in [-0.25, -0.2) is 0 Å². The lowest BCUT2D eigenvalue weighted by atomic mass is 10.2. The van der Waals surface area contributed by atoms with E-state index in [0.717, 1.165) is 0 Å². The average Bonchev–Trinajstić information content (AvgIpc) is 2.19. The summed E-state index contributed by atoms with van der Waals surface area (Å²) in [6, 6.07) is 5.35. The molecule has 4 heteroatoms. The summed E-state index contributed by atoms with van der Waals surface area (Å²) in [6.07, 6.45) is 2.80. The molecule has 0 aliphatic heterocycles. The molecule has 0 saturated heterocycles. The van der Waals surface area contributed by atoms with Crippen molar-refractivity contribution in [3.63, 3.8) is 0 Å². The molecule has 80 valence electrons. The normalized spacial score (nSPS) is 10.6. The number of rotatable bonds is 4. The Bertz CT molecular complexity index is 386. The van der Waals surface area contributed by atoms with Gasteiger partial charge in [-0.3, -0.25) is 4.79 Å². The van der Waals surface area contributed by atoms with Crippen molar-refractivity contribution in [1.29, 1.82) is 0 Å². The molecule has 0 aliphatic rings. The molecule has 0 heterocycles. The lowest BCUT2D eigenvalue weighted by Gasteiger charge is -2.06. The molecule has 15 heavy (non-hydrogen) atoms. The van der Waals surface area contributed by atoms with Gasteiger partial charge in [0, 0.05) is 0 Å². The second kappa shape index (κ2) is 5.79. The molecule has 2 nitrogen and oxygen atoms in total. The van der Waals surface area contributed by atoms with E-state index in [-0.39, 0.29) is 0 Å². The van der Waals surface area contributed by atoms with Crippen LogP contribution in [0.5, 0.6) is 5.75 Å². The molecule has 0 fully saturated rings. The van der Waals surface area contributed by atoms with Crippen LogP contribution in [0.1, 0.15) is 12.5 Å². The lowest BCUT2D eigenvalue weighted by molar-refractivity contribution is -0.107. The van der Waals surface area contributed by atoms with Gasteiger partial charge in [0.25, 0.3) is 0 Å². The van der Waals surface area contributed by atoms with Crippen LogP contribution in [0.15, 0.2) is 24.3 Å². The van der Waals surface area contributed by atoms with E-state index in [0.29, 0.717) is 22.9 Å². The van der Waals surface area contributed by atoms with E-state index in [1.54, 1.807) is 24.3 Å². The van der Waals surface area contributed by atoms with Crippen molar-refractivity contribution >= 4 is 34.5 Å². The number of hydrogen-bond donors (Lipinski definition) is 0. The first-order valence-corrected chi connectivity index (χ1v) is 5.19. The number of hydrogen-bond acceptors (Lipinski definition) is 2. The first kappa shape index (κ1) is 12.1. The molecule has 0 spiro atoms. The Hall–Kier alpha value is -0.990. The second-order valence-corrected chi connectivity index (χ2v) is 3.48. The number of benzene rings is 1. The van der Waals surface area contributed by atoms with Gasteiger partial charge in [0.1, 0.15) is 5.75 Å². The highest BCUT2D eigenvalue weighted by Crippen LogP contribution is 2.28. The highest BCUT2D eigenvalue weighted by atomic mass is 35.5. The molecular formula is C11H10Cl2O2. The summed E-state index contributed by atoms with van der Waals surface area (Å²) in [6.45, 7) is 2.42. The van der Waals surface area contributed by atoms with Crippen molar-refractivity contribution in [1.82, 2.24) is 0 Å². The molecule has 0 amide bonds. The SMILES string of the molecule is CCOc1cccc(/C=C/C(=O)Cl)c1Cl. The second-order valence-electron chi connectivity index (χ2n) is 2.73.